The van der Waals surface area contributed by atoms with Gasteiger partial charge >= 0.3 is 10.4 Å². The summed E-state index contributed by atoms with van der Waals surface area (Å²) in [5, 5.41) is 0. The summed E-state index contributed by atoms with van der Waals surface area (Å²) in [6, 6.07) is 6.55. The van der Waals surface area contributed by atoms with Crippen molar-refractivity contribution < 1.29 is 21.9 Å². The number of hydrogen-bond donors (Lipinski definition) is 1. The highest BCUT2D eigenvalue weighted by molar-refractivity contribution is 7.80. The lowest BCUT2D eigenvalue weighted by atomic mass is 10.1. The Morgan fingerprint density at radius 3 is 2.31 bits per heavy atom. The summed E-state index contributed by atoms with van der Waals surface area (Å²) in [5.41, 5.74) is 0.549. The molecule has 0 fully saturated rings. The van der Waals surface area contributed by atoms with E-state index in [0.717, 1.165) is 0 Å². The number of methoxy groups -OCH3 is 1. The van der Waals surface area contributed by atoms with Crippen molar-refractivity contribution >= 4 is 10.4 Å². The molecule has 1 rings (SSSR count). The van der Waals surface area contributed by atoms with E-state index in [-0.39, 0.29) is 0 Å². The first-order valence-electron chi connectivity index (χ1n) is 4.38. The van der Waals surface area contributed by atoms with Crippen LogP contribution in [-0.4, -0.2) is 20.1 Å². The summed E-state index contributed by atoms with van der Waals surface area (Å²) in [5.74, 6) is 0.637. The SMILES string of the molecule is C=C[C@@H](OS(=O)(=O)O)c1ccc(OC)cc1. The molecular formula is C10H12O5S. The van der Waals surface area contributed by atoms with Crippen molar-refractivity contribution in [1.29, 1.82) is 0 Å². The molecule has 1 N–H and O–H groups in total. The fourth-order valence-electron chi connectivity index (χ4n) is 1.16. The van der Waals surface area contributed by atoms with Gasteiger partial charge in [0.15, 0.2) is 0 Å². The Bertz CT molecular complexity index is 449. The summed E-state index contributed by atoms with van der Waals surface area (Å²) in [4.78, 5) is 0. The van der Waals surface area contributed by atoms with E-state index in [1.165, 1.54) is 13.2 Å². The van der Waals surface area contributed by atoms with Crippen LogP contribution in [0.5, 0.6) is 5.75 Å². The summed E-state index contributed by atoms with van der Waals surface area (Å²) in [7, 11) is -2.98. The van der Waals surface area contributed by atoms with Gasteiger partial charge < -0.3 is 4.74 Å². The molecule has 0 radical (unpaired) electrons. The van der Waals surface area contributed by atoms with Crippen LogP contribution in [0.3, 0.4) is 0 Å². The molecular weight excluding hydrogens is 232 g/mol. The van der Waals surface area contributed by atoms with Crippen LogP contribution in [0.15, 0.2) is 36.9 Å². The minimum Gasteiger partial charge on any atom is -0.497 e. The van der Waals surface area contributed by atoms with Gasteiger partial charge in [-0.15, -0.1) is 6.58 Å². The second-order valence-corrected chi connectivity index (χ2v) is 4.00. The van der Waals surface area contributed by atoms with Crippen LogP contribution in [0, 0.1) is 0 Å². The lowest BCUT2D eigenvalue weighted by Gasteiger charge is -2.11. The Morgan fingerprint density at radius 2 is 1.94 bits per heavy atom. The first kappa shape index (κ1) is 12.7. The molecule has 0 saturated carbocycles. The van der Waals surface area contributed by atoms with Gasteiger partial charge in [-0.1, -0.05) is 18.2 Å². The van der Waals surface area contributed by atoms with Crippen molar-refractivity contribution in [2.75, 3.05) is 7.11 Å². The summed E-state index contributed by atoms with van der Waals surface area (Å²) < 4.78 is 39.0. The van der Waals surface area contributed by atoms with Crippen LogP contribution in [0.25, 0.3) is 0 Å². The molecule has 0 heterocycles. The second kappa shape index (κ2) is 5.11. The van der Waals surface area contributed by atoms with E-state index in [1.807, 2.05) is 0 Å². The minimum absolute atomic E-state index is 0.549. The third kappa shape index (κ3) is 3.65. The fraction of sp³-hybridized carbons (Fsp3) is 0.200. The third-order valence-electron chi connectivity index (χ3n) is 1.88. The highest BCUT2D eigenvalue weighted by Gasteiger charge is 2.15. The van der Waals surface area contributed by atoms with Gasteiger partial charge in [-0.25, -0.2) is 4.18 Å². The highest BCUT2D eigenvalue weighted by atomic mass is 32.3. The van der Waals surface area contributed by atoms with Crippen LogP contribution >= 0.6 is 0 Å². The molecule has 0 saturated heterocycles. The quantitative estimate of drug-likeness (QED) is 0.631. The minimum atomic E-state index is -4.50. The molecule has 1 atom stereocenters. The molecule has 0 aliphatic rings. The second-order valence-electron chi connectivity index (χ2n) is 2.95. The van der Waals surface area contributed by atoms with Gasteiger partial charge in [-0.05, 0) is 17.7 Å². The van der Waals surface area contributed by atoms with Gasteiger partial charge in [0.25, 0.3) is 0 Å². The van der Waals surface area contributed by atoms with Crippen molar-refractivity contribution in [1.82, 2.24) is 0 Å². The van der Waals surface area contributed by atoms with Crippen LogP contribution < -0.4 is 4.74 Å². The fourth-order valence-corrected chi connectivity index (χ4v) is 1.61. The number of benzene rings is 1. The zero-order chi connectivity index (χ0) is 12.2. The average Bonchev–Trinajstić information content (AvgIpc) is 2.25. The lowest BCUT2D eigenvalue weighted by Crippen LogP contribution is -2.08. The standard InChI is InChI=1S/C10H12O5S/c1-3-10(15-16(11,12)13)8-4-6-9(14-2)7-5-8/h3-7,10H,1H2,2H3,(H,11,12,13)/t10-/m1/s1. The number of ether oxygens (including phenoxy) is 1. The first-order valence-corrected chi connectivity index (χ1v) is 5.75. The van der Waals surface area contributed by atoms with E-state index in [1.54, 1.807) is 24.3 Å². The molecule has 16 heavy (non-hydrogen) atoms. The first-order chi connectivity index (χ1) is 7.46. The molecule has 0 amide bonds. The molecule has 5 nitrogen and oxygen atoms in total. The summed E-state index contributed by atoms with van der Waals surface area (Å²) in [6.07, 6.45) is 0.358. The van der Waals surface area contributed by atoms with Crippen molar-refractivity contribution in [2.45, 2.75) is 6.10 Å². The Hall–Kier alpha value is -1.37. The van der Waals surface area contributed by atoms with E-state index >= 15 is 0 Å². The maximum Gasteiger partial charge on any atom is 0.398 e. The Balaban J connectivity index is 2.91. The monoisotopic (exact) mass is 244 g/mol. The van der Waals surface area contributed by atoms with Crippen LogP contribution in [0.2, 0.25) is 0 Å². The normalized spacial score (nSPS) is 13.1. The Labute approximate surface area is 94.3 Å². The van der Waals surface area contributed by atoms with E-state index in [9.17, 15) is 8.42 Å². The Kier molecular flexibility index (Phi) is 4.05. The summed E-state index contributed by atoms with van der Waals surface area (Å²) >= 11 is 0. The van der Waals surface area contributed by atoms with Crippen molar-refractivity contribution in [3.05, 3.63) is 42.5 Å². The summed E-state index contributed by atoms with van der Waals surface area (Å²) in [6.45, 7) is 3.43. The lowest BCUT2D eigenvalue weighted by molar-refractivity contribution is 0.223. The van der Waals surface area contributed by atoms with Gasteiger partial charge in [0.05, 0.1) is 7.11 Å². The molecule has 0 spiro atoms. The predicted molar refractivity (Wildman–Crippen MR) is 58.6 cm³/mol. The average molecular weight is 244 g/mol. The molecule has 0 bridgehead atoms. The van der Waals surface area contributed by atoms with Crippen molar-refractivity contribution in [3.63, 3.8) is 0 Å². The van der Waals surface area contributed by atoms with Crippen molar-refractivity contribution in [3.8, 4) is 5.75 Å². The molecule has 88 valence electrons. The van der Waals surface area contributed by atoms with Gasteiger partial charge in [0, 0.05) is 0 Å². The maximum absolute atomic E-state index is 10.6. The number of rotatable bonds is 5. The topological polar surface area (TPSA) is 72.8 Å². The van der Waals surface area contributed by atoms with E-state index < -0.39 is 16.5 Å². The van der Waals surface area contributed by atoms with Crippen LogP contribution in [0.1, 0.15) is 11.7 Å². The molecule has 1 aromatic carbocycles. The number of hydrogen-bond acceptors (Lipinski definition) is 4. The molecule has 0 aliphatic heterocycles. The van der Waals surface area contributed by atoms with Crippen LogP contribution in [0.4, 0.5) is 0 Å². The van der Waals surface area contributed by atoms with Gasteiger partial charge in [0.2, 0.25) is 0 Å². The largest absolute Gasteiger partial charge is 0.497 e. The zero-order valence-corrected chi connectivity index (χ0v) is 9.48. The van der Waals surface area contributed by atoms with E-state index in [4.69, 9.17) is 9.29 Å². The predicted octanol–water partition coefficient (Wildman–Crippen LogP) is 1.74. The van der Waals surface area contributed by atoms with Gasteiger partial charge in [0.1, 0.15) is 11.9 Å². The van der Waals surface area contributed by atoms with Gasteiger partial charge in [-0.2, -0.15) is 8.42 Å². The smallest absolute Gasteiger partial charge is 0.398 e. The van der Waals surface area contributed by atoms with Gasteiger partial charge in [-0.3, -0.25) is 4.55 Å². The third-order valence-corrected chi connectivity index (χ3v) is 2.33. The molecule has 0 aromatic heterocycles. The molecule has 0 unspecified atom stereocenters. The van der Waals surface area contributed by atoms with E-state index in [2.05, 4.69) is 10.8 Å². The molecule has 0 aliphatic carbocycles. The van der Waals surface area contributed by atoms with Crippen LogP contribution in [-0.2, 0) is 14.6 Å². The van der Waals surface area contributed by atoms with E-state index in [0.29, 0.717) is 11.3 Å². The highest BCUT2D eigenvalue weighted by Crippen LogP contribution is 2.22. The molecule has 1 aromatic rings. The van der Waals surface area contributed by atoms with Crippen molar-refractivity contribution in [2.24, 2.45) is 0 Å². The maximum atomic E-state index is 10.6. The Morgan fingerprint density at radius 1 is 1.38 bits per heavy atom. The molecule has 6 heteroatoms. The zero-order valence-electron chi connectivity index (χ0n) is 8.66.